The third-order valence-electron chi connectivity index (χ3n) is 5.58. The van der Waals surface area contributed by atoms with Gasteiger partial charge in [0.2, 0.25) is 5.91 Å². The van der Waals surface area contributed by atoms with Crippen LogP contribution in [-0.4, -0.2) is 45.4 Å². The van der Waals surface area contributed by atoms with E-state index >= 15 is 4.39 Å². The fraction of sp³-hybridized carbons (Fsp3) is 0.636. The molecule has 1 aliphatic rings. The summed E-state index contributed by atoms with van der Waals surface area (Å²) in [5.41, 5.74) is -0.730. The molecule has 0 aliphatic heterocycles. The van der Waals surface area contributed by atoms with Crippen LogP contribution < -0.4 is 10.1 Å². The SMILES string of the molecule is CC(=O)N[C@@H](C)CO[C@H]1CC[C@H](Oc2nc3c(Cl)cc(C(C)(C)O)c(F)c3n2C)CC1. The van der Waals surface area contributed by atoms with E-state index in [1.807, 2.05) is 6.92 Å². The Morgan fingerprint density at radius 3 is 2.58 bits per heavy atom. The molecule has 2 aromatic rings. The van der Waals surface area contributed by atoms with Crippen molar-refractivity contribution in [3.05, 3.63) is 22.5 Å². The number of hydrogen-bond donors (Lipinski definition) is 2. The fourth-order valence-corrected chi connectivity index (χ4v) is 4.21. The minimum absolute atomic E-state index is 0.0279. The minimum Gasteiger partial charge on any atom is -0.461 e. The van der Waals surface area contributed by atoms with Crippen molar-refractivity contribution in [2.45, 2.75) is 77.2 Å². The summed E-state index contributed by atoms with van der Waals surface area (Å²) in [6, 6.07) is 1.69. The van der Waals surface area contributed by atoms with E-state index in [-0.39, 0.29) is 40.3 Å². The lowest BCUT2D eigenvalue weighted by atomic mass is 9.95. The Kier molecular flexibility index (Phi) is 7.13. The Morgan fingerprint density at radius 1 is 1.39 bits per heavy atom. The number of amides is 1. The van der Waals surface area contributed by atoms with Gasteiger partial charge in [0.1, 0.15) is 17.1 Å². The van der Waals surface area contributed by atoms with Crippen molar-refractivity contribution in [1.29, 1.82) is 0 Å². The molecule has 3 rings (SSSR count). The molecule has 1 saturated carbocycles. The van der Waals surface area contributed by atoms with Crippen LogP contribution in [0.25, 0.3) is 11.0 Å². The average Bonchev–Trinajstić information content (AvgIpc) is 3.00. The van der Waals surface area contributed by atoms with Gasteiger partial charge in [-0.25, -0.2) is 4.39 Å². The molecular weight excluding hydrogens is 425 g/mol. The topological polar surface area (TPSA) is 85.6 Å². The molecule has 1 aliphatic carbocycles. The van der Waals surface area contributed by atoms with Crippen molar-refractivity contribution in [2.75, 3.05) is 6.61 Å². The third kappa shape index (κ3) is 5.48. The van der Waals surface area contributed by atoms with Gasteiger partial charge in [-0.3, -0.25) is 9.36 Å². The third-order valence-corrected chi connectivity index (χ3v) is 5.87. The smallest absolute Gasteiger partial charge is 0.297 e. The molecular formula is C22H31ClFN3O4. The van der Waals surface area contributed by atoms with Crippen LogP contribution in [0.15, 0.2) is 6.07 Å². The highest BCUT2D eigenvalue weighted by atomic mass is 35.5. The van der Waals surface area contributed by atoms with Crippen LogP contribution >= 0.6 is 11.6 Å². The van der Waals surface area contributed by atoms with E-state index < -0.39 is 11.4 Å². The van der Waals surface area contributed by atoms with Crippen molar-refractivity contribution in [3.63, 3.8) is 0 Å². The molecule has 172 valence electrons. The lowest BCUT2D eigenvalue weighted by molar-refractivity contribution is -0.120. The van der Waals surface area contributed by atoms with Crippen LogP contribution in [-0.2, 0) is 22.2 Å². The average molecular weight is 456 g/mol. The number of ether oxygens (including phenoxy) is 2. The first-order chi connectivity index (χ1) is 14.5. The second-order valence-electron chi connectivity index (χ2n) is 8.88. The maximum absolute atomic E-state index is 15.1. The number of nitrogens with one attached hydrogen (secondary N) is 1. The molecule has 31 heavy (non-hydrogen) atoms. The highest BCUT2D eigenvalue weighted by Crippen LogP contribution is 2.36. The van der Waals surface area contributed by atoms with Gasteiger partial charge in [0, 0.05) is 25.6 Å². The van der Waals surface area contributed by atoms with Gasteiger partial charge in [0.05, 0.1) is 23.3 Å². The molecule has 0 spiro atoms. The highest BCUT2D eigenvalue weighted by molar-refractivity contribution is 6.35. The van der Waals surface area contributed by atoms with Gasteiger partial charge >= 0.3 is 0 Å². The van der Waals surface area contributed by atoms with E-state index in [0.717, 1.165) is 25.7 Å². The van der Waals surface area contributed by atoms with Crippen LogP contribution in [0, 0.1) is 5.82 Å². The van der Waals surface area contributed by atoms with Gasteiger partial charge in [-0.2, -0.15) is 4.98 Å². The number of fused-ring (bicyclic) bond motifs is 1. The second kappa shape index (κ2) is 9.30. The summed E-state index contributed by atoms with van der Waals surface area (Å²) in [4.78, 5) is 15.5. The van der Waals surface area contributed by atoms with E-state index in [1.54, 1.807) is 11.6 Å². The predicted octanol–water partition coefficient (Wildman–Crippen LogP) is 3.82. The van der Waals surface area contributed by atoms with Crippen molar-refractivity contribution in [1.82, 2.24) is 14.9 Å². The first-order valence-corrected chi connectivity index (χ1v) is 11.0. The van der Waals surface area contributed by atoms with Crippen molar-refractivity contribution in [2.24, 2.45) is 7.05 Å². The van der Waals surface area contributed by atoms with Gasteiger partial charge in [0.25, 0.3) is 6.01 Å². The molecule has 1 aromatic heterocycles. The Bertz CT molecular complexity index is 949. The molecule has 7 nitrogen and oxygen atoms in total. The van der Waals surface area contributed by atoms with Gasteiger partial charge in [-0.1, -0.05) is 11.6 Å². The maximum atomic E-state index is 15.1. The number of aryl methyl sites for hydroxylation is 1. The largest absolute Gasteiger partial charge is 0.461 e. The zero-order valence-corrected chi connectivity index (χ0v) is 19.4. The number of carbonyl (C=O) groups is 1. The zero-order valence-electron chi connectivity index (χ0n) is 18.7. The van der Waals surface area contributed by atoms with E-state index in [2.05, 4.69) is 10.3 Å². The summed E-state index contributed by atoms with van der Waals surface area (Å²) in [5, 5.41) is 13.3. The van der Waals surface area contributed by atoms with Crippen molar-refractivity contribution in [3.8, 4) is 6.01 Å². The molecule has 0 radical (unpaired) electrons. The fourth-order valence-electron chi connectivity index (χ4n) is 3.97. The summed E-state index contributed by atoms with van der Waals surface area (Å²) in [6.45, 7) is 6.90. The van der Waals surface area contributed by atoms with Crippen LogP contribution in [0.2, 0.25) is 5.02 Å². The summed E-state index contributed by atoms with van der Waals surface area (Å²) in [5.74, 6) is -0.621. The van der Waals surface area contributed by atoms with Gasteiger partial charge in [0.15, 0.2) is 5.82 Å². The summed E-state index contributed by atoms with van der Waals surface area (Å²) >= 11 is 6.33. The standard InChI is InChI=1S/C22H31ClFN3O4/c1-12(25-13(2)28)11-30-14-6-8-15(9-7-14)31-21-26-19-17(23)10-16(22(3,4)29)18(24)20(19)27(21)5/h10,12,14-15,29H,6-9,11H2,1-5H3,(H,25,28)/t12-,14-,15-/m0/s1. The number of imidazole rings is 1. The zero-order chi connectivity index (χ0) is 22.9. The number of aliphatic hydroxyl groups is 1. The molecule has 1 amide bonds. The molecule has 9 heteroatoms. The van der Waals surface area contributed by atoms with Crippen molar-refractivity contribution < 1.29 is 23.8 Å². The number of carbonyl (C=O) groups excluding carboxylic acids is 1. The lowest BCUT2D eigenvalue weighted by Gasteiger charge is -2.29. The molecule has 0 unspecified atom stereocenters. The summed E-state index contributed by atoms with van der Waals surface area (Å²) in [7, 11) is 1.68. The number of rotatable bonds is 7. The lowest BCUT2D eigenvalue weighted by Crippen LogP contribution is -2.37. The van der Waals surface area contributed by atoms with Crippen LogP contribution in [0.1, 0.15) is 58.9 Å². The predicted molar refractivity (Wildman–Crippen MR) is 117 cm³/mol. The summed E-state index contributed by atoms with van der Waals surface area (Å²) < 4.78 is 28.6. The Morgan fingerprint density at radius 2 is 2.00 bits per heavy atom. The number of benzene rings is 1. The number of nitrogens with zero attached hydrogens (tertiary/aromatic N) is 2. The normalized spacial score (nSPS) is 20.6. The van der Waals surface area contributed by atoms with Crippen molar-refractivity contribution >= 4 is 28.5 Å². The van der Waals surface area contributed by atoms with Crippen LogP contribution in [0.3, 0.4) is 0 Å². The molecule has 0 saturated heterocycles. The maximum Gasteiger partial charge on any atom is 0.297 e. The second-order valence-corrected chi connectivity index (χ2v) is 9.29. The molecule has 0 bridgehead atoms. The quantitative estimate of drug-likeness (QED) is 0.662. The first-order valence-electron chi connectivity index (χ1n) is 10.6. The molecule has 2 N–H and O–H groups in total. The van der Waals surface area contributed by atoms with E-state index in [9.17, 15) is 9.90 Å². The molecule has 1 aromatic carbocycles. The number of halogens is 2. The van der Waals surface area contributed by atoms with E-state index in [1.165, 1.54) is 26.8 Å². The Balaban J connectivity index is 1.66. The van der Waals surface area contributed by atoms with E-state index in [0.29, 0.717) is 18.1 Å². The van der Waals surface area contributed by atoms with Crippen LogP contribution in [0.4, 0.5) is 4.39 Å². The molecule has 1 atom stereocenters. The Labute approximate surface area is 186 Å². The highest BCUT2D eigenvalue weighted by Gasteiger charge is 2.29. The minimum atomic E-state index is -1.37. The Hall–Kier alpha value is -1.90. The van der Waals surface area contributed by atoms with E-state index in [4.69, 9.17) is 21.1 Å². The number of aromatic nitrogens is 2. The molecule has 1 fully saturated rings. The first kappa shape index (κ1) is 23.8. The molecule has 1 heterocycles. The van der Waals surface area contributed by atoms with Gasteiger partial charge in [-0.15, -0.1) is 0 Å². The van der Waals surface area contributed by atoms with Crippen LogP contribution in [0.5, 0.6) is 6.01 Å². The van der Waals surface area contributed by atoms with Gasteiger partial charge in [-0.05, 0) is 52.5 Å². The number of hydrogen-bond acceptors (Lipinski definition) is 5. The summed E-state index contributed by atoms with van der Waals surface area (Å²) in [6.07, 6.45) is 3.30. The van der Waals surface area contributed by atoms with Gasteiger partial charge < -0.3 is 19.9 Å². The monoisotopic (exact) mass is 455 g/mol.